The Kier molecular flexibility index (Phi) is 5.11. The number of amides is 1. The lowest BCUT2D eigenvalue weighted by atomic mass is 10.1. The molecule has 30 heavy (non-hydrogen) atoms. The summed E-state index contributed by atoms with van der Waals surface area (Å²) in [7, 11) is 0. The summed E-state index contributed by atoms with van der Waals surface area (Å²) >= 11 is 0. The molecule has 0 saturated heterocycles. The Hall–Kier alpha value is -3.49. The summed E-state index contributed by atoms with van der Waals surface area (Å²) in [5, 5.41) is 16.7. The van der Waals surface area contributed by atoms with Crippen LogP contribution in [0.5, 0.6) is 0 Å². The molecule has 0 bridgehead atoms. The van der Waals surface area contributed by atoms with Crippen LogP contribution >= 0.6 is 0 Å². The minimum Gasteiger partial charge on any atom is -0.345 e. The highest BCUT2D eigenvalue weighted by Gasteiger charge is 2.22. The third-order valence-corrected chi connectivity index (χ3v) is 5.21. The third kappa shape index (κ3) is 3.47. The van der Waals surface area contributed by atoms with Gasteiger partial charge in [0, 0.05) is 31.0 Å². The molecule has 1 N–H and O–H groups in total. The van der Waals surface area contributed by atoms with Crippen molar-refractivity contribution in [3.63, 3.8) is 0 Å². The lowest BCUT2D eigenvalue weighted by Gasteiger charge is -2.14. The van der Waals surface area contributed by atoms with E-state index >= 15 is 0 Å². The molecule has 0 aromatic carbocycles. The van der Waals surface area contributed by atoms with Crippen molar-refractivity contribution in [3.05, 3.63) is 47.0 Å². The van der Waals surface area contributed by atoms with E-state index in [1.807, 2.05) is 55.5 Å². The molecule has 4 rings (SSSR count). The molecular weight excluding hydrogens is 382 g/mol. The highest BCUT2D eigenvalue weighted by atomic mass is 16.5. The van der Waals surface area contributed by atoms with Gasteiger partial charge in [-0.1, -0.05) is 5.16 Å². The number of hydrogen-bond donors (Lipinski definition) is 1. The first-order valence-corrected chi connectivity index (χ1v) is 10.1. The minimum atomic E-state index is -0.221. The highest BCUT2D eigenvalue weighted by Crippen LogP contribution is 2.27. The van der Waals surface area contributed by atoms with Gasteiger partial charge in [-0.3, -0.25) is 14.2 Å². The molecule has 0 spiro atoms. The summed E-state index contributed by atoms with van der Waals surface area (Å²) in [6, 6.07) is 3.41. The Balaban J connectivity index is 1.71. The van der Waals surface area contributed by atoms with Crippen LogP contribution in [0.15, 0.2) is 29.0 Å². The first-order valence-electron chi connectivity index (χ1n) is 10.1. The fourth-order valence-corrected chi connectivity index (χ4v) is 3.55. The van der Waals surface area contributed by atoms with Gasteiger partial charge in [0.1, 0.15) is 5.69 Å². The number of nitrogens with one attached hydrogen (secondary N) is 1. The van der Waals surface area contributed by atoms with Crippen LogP contribution in [0, 0.1) is 13.8 Å². The first kappa shape index (κ1) is 19.8. The standard InChI is InChI=1S/C21H25N7O2/c1-6-27-9-8-17(25-27)18-10-15(19-14(5)26-30-21(19)23-18)20(29)22-12(3)16-11-28(7-2)24-13(16)4/h8-12H,6-7H2,1-5H3,(H,22,29). The zero-order valence-electron chi connectivity index (χ0n) is 17.8. The molecular formula is C21H25N7O2. The van der Waals surface area contributed by atoms with Gasteiger partial charge < -0.3 is 9.84 Å². The molecule has 4 aromatic rings. The van der Waals surface area contributed by atoms with Gasteiger partial charge in [-0.25, -0.2) is 4.98 Å². The Morgan fingerprint density at radius 1 is 1.13 bits per heavy atom. The van der Waals surface area contributed by atoms with Crippen molar-refractivity contribution in [1.82, 2.24) is 35.0 Å². The molecule has 1 atom stereocenters. The lowest BCUT2D eigenvalue weighted by Crippen LogP contribution is -2.27. The molecule has 0 aliphatic heterocycles. The Morgan fingerprint density at radius 3 is 2.57 bits per heavy atom. The summed E-state index contributed by atoms with van der Waals surface area (Å²) in [5.74, 6) is -0.221. The third-order valence-electron chi connectivity index (χ3n) is 5.21. The normalized spacial score (nSPS) is 12.4. The van der Waals surface area contributed by atoms with Crippen molar-refractivity contribution in [2.75, 3.05) is 0 Å². The Bertz CT molecular complexity index is 1220. The molecule has 4 aromatic heterocycles. The maximum atomic E-state index is 13.3. The molecule has 0 aliphatic carbocycles. The molecule has 0 fully saturated rings. The zero-order chi connectivity index (χ0) is 21.4. The van der Waals surface area contributed by atoms with E-state index in [4.69, 9.17) is 4.52 Å². The number of carbonyl (C=O) groups excluding carboxylic acids is 1. The minimum absolute atomic E-state index is 0.205. The number of rotatable bonds is 6. The average Bonchev–Trinajstić information content (AvgIpc) is 3.45. The predicted molar refractivity (Wildman–Crippen MR) is 112 cm³/mol. The van der Waals surface area contributed by atoms with Crippen molar-refractivity contribution in [1.29, 1.82) is 0 Å². The second-order valence-corrected chi connectivity index (χ2v) is 7.28. The molecule has 9 nitrogen and oxygen atoms in total. The van der Waals surface area contributed by atoms with Gasteiger partial charge in [0.05, 0.1) is 34.1 Å². The maximum absolute atomic E-state index is 13.3. The van der Waals surface area contributed by atoms with Crippen LogP contribution in [0.4, 0.5) is 0 Å². The molecule has 1 amide bonds. The number of fused-ring (bicyclic) bond motifs is 1. The largest absolute Gasteiger partial charge is 0.345 e. The molecule has 0 saturated carbocycles. The van der Waals surface area contributed by atoms with Crippen LogP contribution in [-0.2, 0) is 13.1 Å². The van der Waals surface area contributed by atoms with Gasteiger partial charge in [-0.2, -0.15) is 10.2 Å². The van der Waals surface area contributed by atoms with E-state index in [2.05, 4.69) is 25.7 Å². The Morgan fingerprint density at radius 2 is 1.90 bits per heavy atom. The van der Waals surface area contributed by atoms with E-state index in [1.165, 1.54) is 0 Å². The number of pyridine rings is 1. The van der Waals surface area contributed by atoms with Crippen molar-refractivity contribution >= 4 is 17.0 Å². The van der Waals surface area contributed by atoms with E-state index in [1.54, 1.807) is 13.0 Å². The molecule has 9 heteroatoms. The van der Waals surface area contributed by atoms with Gasteiger partial charge in [0.25, 0.3) is 11.6 Å². The van der Waals surface area contributed by atoms with Crippen LogP contribution in [0.3, 0.4) is 0 Å². The second kappa shape index (κ2) is 7.74. The number of nitrogens with zero attached hydrogens (tertiary/aromatic N) is 6. The summed E-state index contributed by atoms with van der Waals surface area (Å²) in [6.07, 6.45) is 3.85. The van der Waals surface area contributed by atoms with Crippen LogP contribution in [0.1, 0.15) is 54.1 Å². The van der Waals surface area contributed by atoms with E-state index in [0.29, 0.717) is 33.7 Å². The van der Waals surface area contributed by atoms with Crippen molar-refractivity contribution in [2.45, 2.75) is 53.8 Å². The molecule has 0 aliphatic rings. The van der Waals surface area contributed by atoms with Crippen LogP contribution in [0.25, 0.3) is 22.5 Å². The van der Waals surface area contributed by atoms with Crippen molar-refractivity contribution in [3.8, 4) is 11.4 Å². The molecule has 4 heterocycles. The Labute approximate surface area is 174 Å². The monoisotopic (exact) mass is 407 g/mol. The summed E-state index contributed by atoms with van der Waals surface area (Å²) in [5.41, 5.74) is 4.54. The average molecular weight is 407 g/mol. The topological polar surface area (TPSA) is 104 Å². The highest BCUT2D eigenvalue weighted by molar-refractivity contribution is 6.07. The molecule has 0 radical (unpaired) electrons. The van der Waals surface area contributed by atoms with Crippen molar-refractivity contribution in [2.24, 2.45) is 0 Å². The van der Waals surface area contributed by atoms with Gasteiger partial charge in [-0.15, -0.1) is 0 Å². The van der Waals surface area contributed by atoms with Crippen LogP contribution < -0.4 is 5.32 Å². The van der Waals surface area contributed by atoms with Gasteiger partial charge in [0.15, 0.2) is 0 Å². The summed E-state index contributed by atoms with van der Waals surface area (Å²) in [4.78, 5) is 17.8. The fourth-order valence-electron chi connectivity index (χ4n) is 3.55. The number of carbonyl (C=O) groups is 1. The predicted octanol–water partition coefficient (Wildman–Crippen LogP) is 3.43. The van der Waals surface area contributed by atoms with Gasteiger partial charge >= 0.3 is 0 Å². The SMILES string of the molecule is CCn1ccc(-c2cc(C(=O)NC(C)c3cn(CC)nc3C)c3c(C)noc3n2)n1. The van der Waals surface area contributed by atoms with Crippen molar-refractivity contribution < 1.29 is 9.32 Å². The van der Waals surface area contributed by atoms with E-state index in [9.17, 15) is 4.79 Å². The van der Waals surface area contributed by atoms with Gasteiger partial charge in [-0.05, 0) is 46.8 Å². The van der Waals surface area contributed by atoms with E-state index in [-0.39, 0.29) is 11.9 Å². The number of aromatic nitrogens is 6. The zero-order valence-corrected chi connectivity index (χ0v) is 17.8. The quantitative estimate of drug-likeness (QED) is 0.525. The molecule has 1 unspecified atom stereocenters. The summed E-state index contributed by atoms with van der Waals surface area (Å²) < 4.78 is 9.05. The summed E-state index contributed by atoms with van der Waals surface area (Å²) in [6.45, 7) is 11.3. The van der Waals surface area contributed by atoms with Gasteiger partial charge in [0.2, 0.25) is 0 Å². The second-order valence-electron chi connectivity index (χ2n) is 7.28. The fraction of sp³-hybridized carbons (Fsp3) is 0.381. The number of hydrogen-bond acceptors (Lipinski definition) is 6. The first-order chi connectivity index (χ1) is 14.4. The smallest absolute Gasteiger partial charge is 0.259 e. The number of aryl methyl sites for hydroxylation is 4. The van der Waals surface area contributed by atoms with E-state index in [0.717, 1.165) is 24.3 Å². The maximum Gasteiger partial charge on any atom is 0.259 e. The van der Waals surface area contributed by atoms with Crippen LogP contribution in [0.2, 0.25) is 0 Å². The van der Waals surface area contributed by atoms with Crippen LogP contribution in [-0.4, -0.2) is 35.6 Å². The lowest BCUT2D eigenvalue weighted by molar-refractivity contribution is 0.0941. The molecule has 156 valence electrons. The van der Waals surface area contributed by atoms with E-state index < -0.39 is 0 Å².